The van der Waals surface area contributed by atoms with Gasteiger partial charge in [0, 0.05) is 18.2 Å². The number of amides is 1. The summed E-state index contributed by atoms with van der Waals surface area (Å²) < 4.78 is 6.41. The molecule has 1 N–H and O–H groups in total. The summed E-state index contributed by atoms with van der Waals surface area (Å²) in [5, 5.41) is 7.39. The fraction of sp³-hybridized carbons (Fsp3) is 0.192. The van der Waals surface area contributed by atoms with Gasteiger partial charge in [0.15, 0.2) is 5.13 Å². The Kier molecular flexibility index (Phi) is 6.88. The number of hydrogen-bond acceptors (Lipinski definition) is 7. The van der Waals surface area contributed by atoms with Crippen LogP contribution in [0, 0.1) is 6.92 Å². The van der Waals surface area contributed by atoms with Crippen molar-refractivity contribution in [3.63, 3.8) is 0 Å². The van der Waals surface area contributed by atoms with Gasteiger partial charge in [-0.1, -0.05) is 72.0 Å². The molecule has 0 saturated carbocycles. The highest BCUT2D eigenvalue weighted by molar-refractivity contribution is 7.17. The first kappa shape index (κ1) is 24.0. The summed E-state index contributed by atoms with van der Waals surface area (Å²) in [6.07, 6.45) is -0.285. The van der Waals surface area contributed by atoms with E-state index in [-0.39, 0.29) is 16.8 Å². The maximum Gasteiger partial charge on any atom is 0.350 e. The lowest BCUT2D eigenvalue weighted by Crippen LogP contribution is -2.31. The van der Waals surface area contributed by atoms with Crippen LogP contribution in [0.1, 0.15) is 39.6 Å². The van der Waals surface area contributed by atoms with Gasteiger partial charge in [0.05, 0.1) is 17.5 Å². The van der Waals surface area contributed by atoms with Gasteiger partial charge in [0.2, 0.25) is 0 Å². The molecule has 4 aromatic rings. The number of ether oxygens (including phenoxy) is 1. The molecule has 0 aliphatic rings. The van der Waals surface area contributed by atoms with Crippen LogP contribution in [-0.4, -0.2) is 32.7 Å². The smallest absolute Gasteiger partial charge is 0.350 e. The summed E-state index contributed by atoms with van der Waals surface area (Å²) in [5.74, 6) is -1.15. The molecule has 8 nitrogen and oxygen atoms in total. The first-order valence-corrected chi connectivity index (χ1v) is 11.8. The molecule has 178 valence electrons. The van der Waals surface area contributed by atoms with Crippen LogP contribution in [0.15, 0.2) is 65.5 Å². The van der Waals surface area contributed by atoms with Crippen LogP contribution in [0.3, 0.4) is 0 Å². The number of esters is 1. The van der Waals surface area contributed by atoms with Crippen molar-refractivity contribution in [2.75, 3.05) is 5.32 Å². The monoisotopic (exact) mass is 488 g/mol. The van der Waals surface area contributed by atoms with E-state index in [9.17, 15) is 14.4 Å². The Labute approximate surface area is 206 Å². The van der Waals surface area contributed by atoms with Crippen LogP contribution in [0.5, 0.6) is 0 Å². The maximum atomic E-state index is 13.5. The van der Waals surface area contributed by atoms with Gasteiger partial charge in [0.25, 0.3) is 11.5 Å². The SMILES string of the molecule is Cc1nc(NC(=O)c2c(-c3ccccc3)c(-c3ccccc3)nn(C)c2=O)sc1C(=O)OC(C)C. The van der Waals surface area contributed by atoms with Gasteiger partial charge < -0.3 is 4.74 Å². The molecule has 0 unspecified atom stereocenters. The first-order chi connectivity index (χ1) is 16.8. The highest BCUT2D eigenvalue weighted by Crippen LogP contribution is 2.32. The average Bonchev–Trinajstić information content (AvgIpc) is 3.20. The van der Waals surface area contributed by atoms with E-state index >= 15 is 0 Å². The zero-order valence-corrected chi connectivity index (χ0v) is 20.6. The van der Waals surface area contributed by atoms with E-state index in [0.717, 1.165) is 21.6 Å². The zero-order valence-electron chi connectivity index (χ0n) is 19.7. The van der Waals surface area contributed by atoms with Gasteiger partial charge >= 0.3 is 5.97 Å². The van der Waals surface area contributed by atoms with Crippen molar-refractivity contribution < 1.29 is 14.3 Å². The highest BCUT2D eigenvalue weighted by Gasteiger charge is 2.26. The molecule has 0 saturated heterocycles. The van der Waals surface area contributed by atoms with Crippen LogP contribution in [0.25, 0.3) is 22.4 Å². The third kappa shape index (κ3) is 5.04. The molecule has 0 spiro atoms. The quantitative estimate of drug-likeness (QED) is 0.395. The largest absolute Gasteiger partial charge is 0.459 e. The van der Waals surface area contributed by atoms with Gasteiger partial charge in [-0.05, 0) is 26.3 Å². The van der Waals surface area contributed by atoms with E-state index in [1.807, 2.05) is 60.7 Å². The minimum Gasteiger partial charge on any atom is -0.459 e. The fourth-order valence-electron chi connectivity index (χ4n) is 3.59. The van der Waals surface area contributed by atoms with Crippen molar-refractivity contribution in [1.29, 1.82) is 0 Å². The Morgan fingerprint density at radius 3 is 2.20 bits per heavy atom. The minimum absolute atomic E-state index is 0.0632. The third-order valence-corrected chi connectivity index (χ3v) is 6.18. The van der Waals surface area contributed by atoms with E-state index in [1.54, 1.807) is 20.8 Å². The van der Waals surface area contributed by atoms with Crippen molar-refractivity contribution in [2.24, 2.45) is 7.05 Å². The van der Waals surface area contributed by atoms with E-state index in [1.165, 1.54) is 7.05 Å². The lowest BCUT2D eigenvalue weighted by Gasteiger charge is -2.15. The standard InChI is InChI=1S/C26H24N4O4S/c1-15(2)34-25(33)22-16(3)27-26(35-22)28-23(31)20-19(17-11-7-5-8-12-17)21(29-30(4)24(20)32)18-13-9-6-10-14-18/h5-15H,1-4H3,(H,27,28,31). The first-order valence-electron chi connectivity index (χ1n) is 11.0. The van der Waals surface area contributed by atoms with Crippen LogP contribution < -0.4 is 10.9 Å². The predicted molar refractivity (Wildman–Crippen MR) is 136 cm³/mol. The molecule has 2 aromatic heterocycles. The number of anilines is 1. The number of thiazole rings is 1. The summed E-state index contributed by atoms with van der Waals surface area (Å²) in [6.45, 7) is 5.18. The fourth-order valence-corrected chi connectivity index (χ4v) is 4.44. The molecule has 0 aliphatic carbocycles. The summed E-state index contributed by atoms with van der Waals surface area (Å²) in [5.41, 5.74) is 2.19. The number of hydrogen-bond donors (Lipinski definition) is 1. The summed E-state index contributed by atoms with van der Waals surface area (Å²) >= 11 is 1.00. The molecule has 2 heterocycles. The maximum absolute atomic E-state index is 13.5. The minimum atomic E-state index is -0.637. The lowest BCUT2D eigenvalue weighted by atomic mass is 9.95. The number of nitrogens with one attached hydrogen (secondary N) is 1. The molecule has 1 amide bonds. The molecular formula is C26H24N4O4S. The van der Waals surface area contributed by atoms with Crippen molar-refractivity contribution in [3.8, 4) is 22.4 Å². The molecule has 2 aromatic carbocycles. The Hall–Kier alpha value is -4.11. The van der Waals surface area contributed by atoms with Crippen LogP contribution in [-0.2, 0) is 11.8 Å². The Morgan fingerprint density at radius 2 is 1.60 bits per heavy atom. The van der Waals surface area contributed by atoms with E-state index in [0.29, 0.717) is 27.4 Å². The lowest BCUT2D eigenvalue weighted by molar-refractivity contribution is 0.0382. The van der Waals surface area contributed by atoms with Crippen molar-refractivity contribution in [2.45, 2.75) is 26.9 Å². The molecule has 0 aliphatic heterocycles. The van der Waals surface area contributed by atoms with Crippen LogP contribution in [0.2, 0.25) is 0 Å². The zero-order chi connectivity index (χ0) is 25.1. The van der Waals surface area contributed by atoms with E-state index < -0.39 is 17.4 Å². The second-order valence-corrected chi connectivity index (χ2v) is 9.10. The number of aryl methyl sites for hydroxylation is 2. The van der Waals surface area contributed by atoms with Crippen molar-refractivity contribution in [3.05, 3.63) is 87.2 Å². The van der Waals surface area contributed by atoms with Crippen LogP contribution in [0.4, 0.5) is 5.13 Å². The second-order valence-electron chi connectivity index (χ2n) is 8.10. The molecule has 0 atom stereocenters. The molecule has 0 radical (unpaired) electrons. The highest BCUT2D eigenvalue weighted by atomic mass is 32.1. The number of carbonyl (C=O) groups is 2. The number of nitrogens with zero attached hydrogens (tertiary/aromatic N) is 3. The van der Waals surface area contributed by atoms with Gasteiger partial charge in [-0.2, -0.15) is 5.10 Å². The molecule has 0 fully saturated rings. The average molecular weight is 489 g/mol. The summed E-state index contributed by atoms with van der Waals surface area (Å²) in [7, 11) is 1.51. The number of carbonyl (C=O) groups excluding carboxylic acids is 2. The number of rotatable bonds is 6. The molecule has 35 heavy (non-hydrogen) atoms. The summed E-state index contributed by atoms with van der Waals surface area (Å²) in [6, 6.07) is 18.5. The predicted octanol–water partition coefficient (Wildman–Crippen LogP) is 4.70. The van der Waals surface area contributed by atoms with Gasteiger partial charge in [-0.3, -0.25) is 14.9 Å². The molecular weight excluding hydrogens is 464 g/mol. The van der Waals surface area contributed by atoms with E-state index in [2.05, 4.69) is 15.4 Å². The van der Waals surface area contributed by atoms with Crippen molar-refractivity contribution in [1.82, 2.24) is 14.8 Å². The molecule has 9 heteroatoms. The van der Waals surface area contributed by atoms with Crippen LogP contribution >= 0.6 is 11.3 Å². The van der Waals surface area contributed by atoms with Gasteiger partial charge in [0.1, 0.15) is 10.4 Å². The van der Waals surface area contributed by atoms with Gasteiger partial charge in [-0.25, -0.2) is 14.5 Å². The Bertz CT molecular complexity index is 1440. The Balaban J connectivity index is 1.83. The van der Waals surface area contributed by atoms with E-state index in [4.69, 9.17) is 4.74 Å². The van der Waals surface area contributed by atoms with Gasteiger partial charge in [-0.15, -0.1) is 0 Å². The molecule has 0 bridgehead atoms. The normalized spacial score (nSPS) is 10.9. The number of benzene rings is 2. The van der Waals surface area contributed by atoms with Crippen molar-refractivity contribution >= 4 is 28.3 Å². The second kappa shape index (κ2) is 10.0. The Morgan fingerprint density at radius 1 is 1.00 bits per heavy atom. The summed E-state index contributed by atoms with van der Waals surface area (Å²) in [4.78, 5) is 43.7. The molecule has 4 rings (SSSR count). The third-order valence-electron chi connectivity index (χ3n) is 5.13. The topological polar surface area (TPSA) is 103 Å². The number of aromatic nitrogens is 3.